The van der Waals surface area contributed by atoms with Crippen molar-refractivity contribution in [3.8, 4) is 0 Å². The minimum absolute atomic E-state index is 0.606. The third kappa shape index (κ3) is 3.16. The lowest BCUT2D eigenvalue weighted by Crippen LogP contribution is -2.46. The van der Waals surface area contributed by atoms with E-state index in [0.717, 1.165) is 18.1 Å². The first kappa shape index (κ1) is 13.9. The minimum atomic E-state index is 0.606. The van der Waals surface area contributed by atoms with Crippen LogP contribution in [0.3, 0.4) is 0 Å². The molecular weight excluding hydrogens is 232 g/mol. The van der Waals surface area contributed by atoms with Crippen molar-refractivity contribution in [1.29, 1.82) is 0 Å². The third-order valence-electron chi connectivity index (χ3n) is 5.95. The van der Waals surface area contributed by atoms with Crippen molar-refractivity contribution < 1.29 is 0 Å². The summed E-state index contributed by atoms with van der Waals surface area (Å²) in [6.45, 7) is 7.48. The van der Waals surface area contributed by atoms with Gasteiger partial charge in [0, 0.05) is 31.2 Å². The Morgan fingerprint density at radius 2 is 1.84 bits per heavy atom. The Balaban J connectivity index is 1.62. The molecule has 0 aromatic heterocycles. The summed E-state index contributed by atoms with van der Waals surface area (Å²) in [5, 5.41) is 3.83. The molecule has 19 heavy (non-hydrogen) atoms. The molecule has 0 spiro atoms. The van der Waals surface area contributed by atoms with Crippen LogP contribution >= 0.6 is 0 Å². The predicted molar refractivity (Wildman–Crippen MR) is 81.4 cm³/mol. The molecule has 3 fully saturated rings. The average molecular weight is 264 g/mol. The zero-order valence-corrected chi connectivity index (χ0v) is 13.0. The van der Waals surface area contributed by atoms with Crippen LogP contribution in [0.25, 0.3) is 0 Å². The van der Waals surface area contributed by atoms with E-state index >= 15 is 0 Å². The van der Waals surface area contributed by atoms with Crippen LogP contribution in [0.15, 0.2) is 0 Å². The Morgan fingerprint density at radius 1 is 1.11 bits per heavy atom. The van der Waals surface area contributed by atoms with Crippen molar-refractivity contribution in [2.24, 2.45) is 5.41 Å². The van der Waals surface area contributed by atoms with Gasteiger partial charge < -0.3 is 5.32 Å². The zero-order chi connectivity index (χ0) is 13.3. The minimum Gasteiger partial charge on any atom is -0.313 e. The molecule has 1 N–H and O–H groups in total. The first-order chi connectivity index (χ1) is 9.22. The van der Waals surface area contributed by atoms with Crippen LogP contribution in [0, 0.1) is 5.41 Å². The van der Waals surface area contributed by atoms with E-state index in [-0.39, 0.29) is 0 Å². The lowest BCUT2D eigenvalue weighted by atomic mass is 9.84. The SMILES string of the molecule is CCC1CCC(C)N1CC1(CNC2CC2)CCCC1. The van der Waals surface area contributed by atoms with Gasteiger partial charge in [0.25, 0.3) is 0 Å². The molecule has 0 amide bonds. The summed E-state index contributed by atoms with van der Waals surface area (Å²) in [4.78, 5) is 2.86. The molecule has 0 radical (unpaired) electrons. The number of hydrogen-bond donors (Lipinski definition) is 1. The molecule has 2 saturated carbocycles. The molecule has 2 aliphatic carbocycles. The van der Waals surface area contributed by atoms with Gasteiger partial charge in [0.1, 0.15) is 0 Å². The molecular formula is C17H32N2. The fourth-order valence-electron chi connectivity index (χ4n) is 4.40. The zero-order valence-electron chi connectivity index (χ0n) is 13.0. The first-order valence-electron chi connectivity index (χ1n) is 8.71. The first-order valence-corrected chi connectivity index (χ1v) is 8.71. The Bertz CT molecular complexity index is 292. The molecule has 1 heterocycles. The molecule has 3 rings (SSSR count). The van der Waals surface area contributed by atoms with Crippen LogP contribution in [-0.4, -0.2) is 36.1 Å². The van der Waals surface area contributed by atoms with Gasteiger partial charge in [-0.05, 0) is 57.3 Å². The Morgan fingerprint density at radius 3 is 2.47 bits per heavy atom. The highest BCUT2D eigenvalue weighted by molar-refractivity contribution is 4.96. The fraction of sp³-hybridized carbons (Fsp3) is 1.00. The summed E-state index contributed by atoms with van der Waals surface area (Å²) in [6, 6.07) is 2.56. The maximum Gasteiger partial charge on any atom is 0.00962 e. The largest absolute Gasteiger partial charge is 0.313 e. The number of rotatable bonds is 6. The van der Waals surface area contributed by atoms with Gasteiger partial charge in [-0.2, -0.15) is 0 Å². The van der Waals surface area contributed by atoms with E-state index in [9.17, 15) is 0 Å². The summed E-state index contributed by atoms with van der Waals surface area (Å²) in [7, 11) is 0. The molecule has 2 unspecified atom stereocenters. The maximum atomic E-state index is 3.83. The van der Waals surface area contributed by atoms with Gasteiger partial charge in [-0.1, -0.05) is 19.8 Å². The van der Waals surface area contributed by atoms with Crippen molar-refractivity contribution in [3.05, 3.63) is 0 Å². The molecule has 2 nitrogen and oxygen atoms in total. The third-order valence-corrected chi connectivity index (χ3v) is 5.95. The van der Waals surface area contributed by atoms with Crippen LogP contribution in [0.1, 0.15) is 71.6 Å². The molecule has 0 aromatic rings. The molecule has 1 saturated heterocycles. The number of hydrogen-bond acceptors (Lipinski definition) is 2. The van der Waals surface area contributed by atoms with E-state index in [2.05, 4.69) is 24.1 Å². The number of likely N-dealkylation sites (tertiary alicyclic amines) is 1. The van der Waals surface area contributed by atoms with E-state index in [1.165, 1.54) is 70.9 Å². The van der Waals surface area contributed by atoms with E-state index in [0.29, 0.717) is 5.41 Å². The van der Waals surface area contributed by atoms with Gasteiger partial charge in [0.2, 0.25) is 0 Å². The number of nitrogens with zero attached hydrogens (tertiary/aromatic N) is 1. The van der Waals surface area contributed by atoms with Crippen LogP contribution in [-0.2, 0) is 0 Å². The van der Waals surface area contributed by atoms with Gasteiger partial charge in [0.05, 0.1) is 0 Å². The van der Waals surface area contributed by atoms with Crippen molar-refractivity contribution in [2.45, 2.75) is 89.8 Å². The molecule has 2 atom stereocenters. The smallest absolute Gasteiger partial charge is 0.00962 e. The highest BCUT2D eigenvalue weighted by Crippen LogP contribution is 2.41. The molecule has 0 aromatic carbocycles. The van der Waals surface area contributed by atoms with Gasteiger partial charge >= 0.3 is 0 Å². The lowest BCUT2D eigenvalue weighted by molar-refractivity contribution is 0.107. The summed E-state index contributed by atoms with van der Waals surface area (Å²) >= 11 is 0. The second kappa shape index (κ2) is 5.73. The summed E-state index contributed by atoms with van der Waals surface area (Å²) < 4.78 is 0. The Labute approximate surface area is 119 Å². The highest BCUT2D eigenvalue weighted by Gasteiger charge is 2.40. The summed E-state index contributed by atoms with van der Waals surface area (Å²) in [6.07, 6.45) is 12.9. The molecule has 2 heteroatoms. The van der Waals surface area contributed by atoms with Crippen molar-refractivity contribution in [1.82, 2.24) is 10.2 Å². The number of nitrogens with one attached hydrogen (secondary N) is 1. The lowest BCUT2D eigenvalue weighted by Gasteiger charge is -2.38. The van der Waals surface area contributed by atoms with Crippen LogP contribution in [0.4, 0.5) is 0 Å². The highest BCUT2D eigenvalue weighted by atomic mass is 15.2. The quantitative estimate of drug-likeness (QED) is 0.789. The van der Waals surface area contributed by atoms with Crippen LogP contribution in [0.5, 0.6) is 0 Å². The standard InChI is InChI=1S/C17H32N2/c1-3-16-9-6-14(2)19(16)13-17(10-4-5-11-17)12-18-15-7-8-15/h14-16,18H,3-13H2,1-2H3. The summed E-state index contributed by atoms with van der Waals surface area (Å²) in [5.74, 6) is 0. The van der Waals surface area contributed by atoms with Crippen LogP contribution in [0.2, 0.25) is 0 Å². The summed E-state index contributed by atoms with van der Waals surface area (Å²) in [5.41, 5.74) is 0.606. The second-order valence-corrected chi connectivity index (χ2v) is 7.52. The Hall–Kier alpha value is -0.0800. The van der Waals surface area contributed by atoms with E-state index in [1.54, 1.807) is 0 Å². The van der Waals surface area contributed by atoms with Crippen LogP contribution < -0.4 is 5.32 Å². The molecule has 3 aliphatic rings. The van der Waals surface area contributed by atoms with E-state index < -0.39 is 0 Å². The predicted octanol–water partition coefficient (Wildman–Crippen LogP) is 3.56. The second-order valence-electron chi connectivity index (χ2n) is 7.52. The normalized spacial score (nSPS) is 35.1. The van der Waals surface area contributed by atoms with E-state index in [4.69, 9.17) is 0 Å². The average Bonchev–Trinajstić information content (AvgIpc) is 3.04. The van der Waals surface area contributed by atoms with E-state index in [1.807, 2.05) is 0 Å². The van der Waals surface area contributed by atoms with Gasteiger partial charge in [-0.25, -0.2) is 0 Å². The van der Waals surface area contributed by atoms with Crippen molar-refractivity contribution in [3.63, 3.8) is 0 Å². The van der Waals surface area contributed by atoms with Gasteiger partial charge in [-0.3, -0.25) is 4.90 Å². The topological polar surface area (TPSA) is 15.3 Å². The molecule has 110 valence electrons. The van der Waals surface area contributed by atoms with Crippen molar-refractivity contribution in [2.75, 3.05) is 13.1 Å². The van der Waals surface area contributed by atoms with Gasteiger partial charge in [-0.15, -0.1) is 0 Å². The maximum absolute atomic E-state index is 3.83. The molecule has 1 aliphatic heterocycles. The fourth-order valence-corrected chi connectivity index (χ4v) is 4.40. The monoisotopic (exact) mass is 264 g/mol. The van der Waals surface area contributed by atoms with Crippen molar-refractivity contribution >= 4 is 0 Å². The Kier molecular flexibility index (Phi) is 4.19. The van der Waals surface area contributed by atoms with Gasteiger partial charge in [0.15, 0.2) is 0 Å². The molecule has 0 bridgehead atoms.